The summed E-state index contributed by atoms with van der Waals surface area (Å²) in [6.45, 7) is 2.78. The molecule has 1 saturated carbocycles. The lowest BCUT2D eigenvalue weighted by Crippen LogP contribution is -2.51. The highest BCUT2D eigenvalue weighted by atomic mass is 35.5. The molecule has 3 aromatic rings. The standard InChI is InChI=1S/C22H22ClN3O2/c1-2-26(14-19-24-18-7-4-3-6-17(18)20(27)25-19)21(28)22(12-5-13-22)15-8-10-16(23)11-9-15/h3-4,6-11H,2,5,12-14H2,1H3,(H,24,25,27). The van der Waals surface area contributed by atoms with E-state index >= 15 is 0 Å². The van der Waals surface area contributed by atoms with E-state index in [1.165, 1.54) is 0 Å². The van der Waals surface area contributed by atoms with Crippen molar-refractivity contribution >= 4 is 28.4 Å². The predicted molar refractivity (Wildman–Crippen MR) is 110 cm³/mol. The Kier molecular flexibility index (Phi) is 4.94. The van der Waals surface area contributed by atoms with Crippen LogP contribution in [0.3, 0.4) is 0 Å². The van der Waals surface area contributed by atoms with Crippen LogP contribution in [-0.4, -0.2) is 27.3 Å². The number of fused-ring (bicyclic) bond motifs is 1. The van der Waals surface area contributed by atoms with Crippen molar-refractivity contribution in [3.05, 3.63) is 75.3 Å². The van der Waals surface area contributed by atoms with E-state index in [1.54, 1.807) is 11.0 Å². The molecule has 1 N–H and O–H groups in total. The van der Waals surface area contributed by atoms with Gasteiger partial charge >= 0.3 is 0 Å². The number of carbonyl (C=O) groups excluding carboxylic acids is 1. The number of rotatable bonds is 5. The number of amides is 1. The van der Waals surface area contributed by atoms with Gasteiger partial charge in [0, 0.05) is 11.6 Å². The van der Waals surface area contributed by atoms with E-state index in [2.05, 4.69) is 9.97 Å². The topological polar surface area (TPSA) is 66.1 Å². The Morgan fingerprint density at radius 1 is 1.18 bits per heavy atom. The zero-order chi connectivity index (χ0) is 19.7. The van der Waals surface area contributed by atoms with Gasteiger partial charge in [-0.15, -0.1) is 0 Å². The van der Waals surface area contributed by atoms with Gasteiger partial charge in [0.1, 0.15) is 5.82 Å². The quantitative estimate of drug-likeness (QED) is 0.708. The van der Waals surface area contributed by atoms with E-state index in [0.29, 0.717) is 28.3 Å². The fraction of sp³-hybridized carbons (Fsp3) is 0.318. The summed E-state index contributed by atoms with van der Waals surface area (Å²) in [5.41, 5.74) is 0.963. The zero-order valence-corrected chi connectivity index (χ0v) is 16.5. The molecule has 0 aliphatic heterocycles. The molecule has 1 fully saturated rings. The third-order valence-electron chi connectivity index (χ3n) is 5.68. The van der Waals surface area contributed by atoms with Crippen molar-refractivity contribution in [2.75, 3.05) is 6.54 Å². The molecule has 1 aliphatic carbocycles. The van der Waals surface area contributed by atoms with Crippen molar-refractivity contribution < 1.29 is 4.79 Å². The lowest BCUT2D eigenvalue weighted by atomic mass is 9.63. The molecule has 1 aromatic heterocycles. The summed E-state index contributed by atoms with van der Waals surface area (Å²) in [4.78, 5) is 35.0. The van der Waals surface area contributed by atoms with E-state index in [1.807, 2.05) is 49.4 Å². The first-order chi connectivity index (χ1) is 13.5. The first-order valence-corrected chi connectivity index (χ1v) is 9.94. The molecular formula is C22H22ClN3O2. The molecule has 0 spiro atoms. The number of nitrogens with one attached hydrogen (secondary N) is 1. The molecule has 144 valence electrons. The maximum atomic E-state index is 13.5. The summed E-state index contributed by atoms with van der Waals surface area (Å²) < 4.78 is 0. The Bertz CT molecular complexity index is 1070. The number of aromatic nitrogens is 2. The van der Waals surface area contributed by atoms with Crippen LogP contribution in [0.1, 0.15) is 37.6 Å². The van der Waals surface area contributed by atoms with Crippen molar-refractivity contribution in [3.8, 4) is 0 Å². The zero-order valence-electron chi connectivity index (χ0n) is 15.7. The maximum absolute atomic E-state index is 13.5. The number of halogens is 1. The average molecular weight is 396 g/mol. The number of hydrogen-bond acceptors (Lipinski definition) is 3. The minimum absolute atomic E-state index is 0.0828. The highest BCUT2D eigenvalue weighted by molar-refractivity contribution is 6.30. The van der Waals surface area contributed by atoms with Gasteiger partial charge in [-0.25, -0.2) is 4.98 Å². The largest absolute Gasteiger partial charge is 0.335 e. The number of likely N-dealkylation sites (N-methyl/N-ethyl adjacent to an activating group) is 1. The van der Waals surface area contributed by atoms with Gasteiger partial charge < -0.3 is 9.88 Å². The molecule has 1 heterocycles. The van der Waals surface area contributed by atoms with Crippen molar-refractivity contribution in [2.24, 2.45) is 0 Å². The van der Waals surface area contributed by atoms with Gasteiger partial charge in [-0.3, -0.25) is 9.59 Å². The Morgan fingerprint density at radius 2 is 1.89 bits per heavy atom. The number of benzene rings is 2. The Labute approximate surface area is 168 Å². The van der Waals surface area contributed by atoms with Gasteiger partial charge in [0.2, 0.25) is 5.91 Å². The van der Waals surface area contributed by atoms with E-state index in [9.17, 15) is 9.59 Å². The molecule has 1 aliphatic rings. The van der Waals surface area contributed by atoms with Crippen LogP contribution in [0.15, 0.2) is 53.3 Å². The molecule has 28 heavy (non-hydrogen) atoms. The number of hydrogen-bond donors (Lipinski definition) is 1. The summed E-state index contributed by atoms with van der Waals surface area (Å²) in [6.07, 6.45) is 2.67. The average Bonchev–Trinajstić information content (AvgIpc) is 2.66. The van der Waals surface area contributed by atoms with Crippen LogP contribution in [0.2, 0.25) is 5.02 Å². The van der Waals surface area contributed by atoms with Crippen LogP contribution in [-0.2, 0) is 16.8 Å². The fourth-order valence-electron chi connectivity index (χ4n) is 3.95. The minimum Gasteiger partial charge on any atom is -0.335 e. The third kappa shape index (κ3) is 3.20. The highest BCUT2D eigenvalue weighted by Crippen LogP contribution is 2.45. The van der Waals surface area contributed by atoms with Crippen LogP contribution in [0.4, 0.5) is 0 Å². The second-order valence-electron chi connectivity index (χ2n) is 7.29. The highest BCUT2D eigenvalue weighted by Gasteiger charge is 2.47. The third-order valence-corrected chi connectivity index (χ3v) is 5.94. The molecule has 4 rings (SSSR count). The minimum atomic E-state index is -0.502. The Morgan fingerprint density at radius 3 is 2.54 bits per heavy atom. The lowest BCUT2D eigenvalue weighted by molar-refractivity contribution is -0.141. The summed E-state index contributed by atoms with van der Waals surface area (Å²) in [7, 11) is 0. The van der Waals surface area contributed by atoms with Crippen LogP contribution < -0.4 is 5.56 Å². The maximum Gasteiger partial charge on any atom is 0.258 e. The SMILES string of the molecule is CCN(Cc1nc2ccccc2c(=O)[nH]1)C(=O)C1(c2ccc(Cl)cc2)CCC1. The number of aromatic amines is 1. The normalized spacial score (nSPS) is 15.2. The van der Waals surface area contributed by atoms with Gasteiger partial charge in [0.15, 0.2) is 0 Å². The molecule has 0 atom stereocenters. The first kappa shape index (κ1) is 18.7. The van der Waals surface area contributed by atoms with Crippen molar-refractivity contribution in [1.29, 1.82) is 0 Å². The Hall–Kier alpha value is -2.66. The van der Waals surface area contributed by atoms with Crippen LogP contribution in [0.5, 0.6) is 0 Å². The summed E-state index contributed by atoms with van der Waals surface area (Å²) in [5, 5.41) is 1.22. The fourth-order valence-corrected chi connectivity index (χ4v) is 4.07. The van der Waals surface area contributed by atoms with Crippen LogP contribution in [0.25, 0.3) is 10.9 Å². The molecule has 0 unspecified atom stereocenters. The van der Waals surface area contributed by atoms with E-state index < -0.39 is 5.41 Å². The van der Waals surface area contributed by atoms with Crippen molar-refractivity contribution in [3.63, 3.8) is 0 Å². The van der Waals surface area contributed by atoms with Gasteiger partial charge in [-0.2, -0.15) is 0 Å². The monoisotopic (exact) mass is 395 g/mol. The van der Waals surface area contributed by atoms with Gasteiger partial charge in [0.05, 0.1) is 22.9 Å². The van der Waals surface area contributed by atoms with Gasteiger partial charge in [-0.1, -0.05) is 42.3 Å². The molecule has 0 saturated heterocycles. The summed E-state index contributed by atoms with van der Waals surface area (Å²) in [5.74, 6) is 0.587. The molecular weight excluding hydrogens is 374 g/mol. The summed E-state index contributed by atoms with van der Waals surface area (Å²) in [6, 6.07) is 14.8. The van der Waals surface area contributed by atoms with Crippen molar-refractivity contribution in [2.45, 2.75) is 38.1 Å². The lowest BCUT2D eigenvalue weighted by Gasteiger charge is -2.43. The van der Waals surface area contributed by atoms with E-state index in [-0.39, 0.29) is 18.0 Å². The van der Waals surface area contributed by atoms with E-state index in [0.717, 1.165) is 24.8 Å². The van der Waals surface area contributed by atoms with Gasteiger partial charge in [-0.05, 0) is 49.6 Å². The molecule has 0 radical (unpaired) electrons. The van der Waals surface area contributed by atoms with Crippen LogP contribution in [0, 0.1) is 0 Å². The number of nitrogens with zero attached hydrogens (tertiary/aromatic N) is 2. The van der Waals surface area contributed by atoms with Crippen molar-refractivity contribution in [1.82, 2.24) is 14.9 Å². The molecule has 6 heteroatoms. The molecule has 2 aromatic carbocycles. The second kappa shape index (κ2) is 7.40. The number of para-hydroxylation sites is 1. The molecule has 5 nitrogen and oxygen atoms in total. The Balaban J connectivity index is 1.64. The second-order valence-corrected chi connectivity index (χ2v) is 7.73. The van der Waals surface area contributed by atoms with E-state index in [4.69, 9.17) is 11.6 Å². The molecule has 0 bridgehead atoms. The van der Waals surface area contributed by atoms with Gasteiger partial charge in [0.25, 0.3) is 5.56 Å². The smallest absolute Gasteiger partial charge is 0.258 e. The predicted octanol–water partition coefficient (Wildman–Crippen LogP) is 4.05. The summed E-state index contributed by atoms with van der Waals surface area (Å²) >= 11 is 6.02. The van der Waals surface area contributed by atoms with Crippen LogP contribution >= 0.6 is 11.6 Å². The molecule has 1 amide bonds. The number of H-pyrrole nitrogens is 1. The first-order valence-electron chi connectivity index (χ1n) is 9.57. The number of carbonyl (C=O) groups is 1.